The summed E-state index contributed by atoms with van der Waals surface area (Å²) in [6, 6.07) is 43.3. The first-order valence-electron chi connectivity index (χ1n) is 17.1. The van der Waals surface area contributed by atoms with Crippen LogP contribution in [0.3, 0.4) is 0 Å². The summed E-state index contributed by atoms with van der Waals surface area (Å²) in [5.74, 6) is 0.271. The molecule has 0 saturated heterocycles. The summed E-state index contributed by atoms with van der Waals surface area (Å²) in [7, 11) is -3.64. The summed E-state index contributed by atoms with van der Waals surface area (Å²) in [5, 5.41) is 25.3. The van der Waals surface area contributed by atoms with Crippen LogP contribution in [0.5, 0.6) is 5.75 Å². The molecule has 1 unspecified atom stereocenters. The lowest BCUT2D eigenvalue weighted by Crippen LogP contribution is -2.66. The number of allylic oxidation sites excluding steroid dienone is 2. The lowest BCUT2D eigenvalue weighted by Gasteiger charge is -2.43. The standard InChI is InChI=1S/C43H45BO4Si/c1-32(31-47-49(43(2,3)4,36-18-10-6-11-19-36)37-20-12-7-13-21-37)38-28-29-44(46)48-42(38)27-25-34(33-16-8-5-9-17-33)30-35-24-26-41(45)40-23-15-14-22-39(35)40/h5-24,26,28,30,42,45-46H,1,25,27,29,31H2,2-4H3/b34-30-. The summed E-state index contributed by atoms with van der Waals surface area (Å²) in [6.45, 7) is 11.7. The number of benzene rings is 5. The minimum absolute atomic E-state index is 0.156. The topological polar surface area (TPSA) is 58.9 Å². The van der Waals surface area contributed by atoms with E-state index in [1.165, 1.54) is 10.4 Å². The van der Waals surface area contributed by atoms with Crippen LogP contribution in [0.2, 0.25) is 11.4 Å². The van der Waals surface area contributed by atoms with Crippen LogP contribution in [0.4, 0.5) is 0 Å². The molecule has 6 heteroatoms. The van der Waals surface area contributed by atoms with Gasteiger partial charge in [0.1, 0.15) is 5.75 Å². The predicted octanol–water partition coefficient (Wildman–Crippen LogP) is 8.80. The maximum absolute atomic E-state index is 10.6. The Morgan fingerprint density at radius 3 is 2.02 bits per heavy atom. The number of phenols is 1. The molecule has 0 amide bonds. The van der Waals surface area contributed by atoms with Crippen molar-refractivity contribution in [3.05, 3.63) is 162 Å². The number of fused-ring (bicyclic) bond motifs is 1. The van der Waals surface area contributed by atoms with E-state index in [1.54, 1.807) is 6.07 Å². The van der Waals surface area contributed by atoms with Gasteiger partial charge in [-0.15, -0.1) is 0 Å². The molecule has 49 heavy (non-hydrogen) atoms. The SMILES string of the molecule is C=C(CO[Si](c1ccccc1)(c1ccccc1)C(C)(C)C)C1=CCB(O)OC1CC/C(=C/c1ccc(O)c2ccccc12)c1ccccc1. The van der Waals surface area contributed by atoms with E-state index in [0.717, 1.165) is 38.6 Å². The van der Waals surface area contributed by atoms with Crippen LogP contribution in [-0.2, 0) is 9.08 Å². The van der Waals surface area contributed by atoms with Crippen LogP contribution >= 0.6 is 0 Å². The van der Waals surface area contributed by atoms with E-state index in [9.17, 15) is 10.1 Å². The third-order valence-electron chi connectivity index (χ3n) is 9.58. The van der Waals surface area contributed by atoms with Crippen molar-refractivity contribution < 1.29 is 19.2 Å². The van der Waals surface area contributed by atoms with Crippen molar-refractivity contribution >= 4 is 48.2 Å². The number of rotatable bonds is 11. The van der Waals surface area contributed by atoms with Gasteiger partial charge in [-0.1, -0.05) is 161 Å². The Morgan fingerprint density at radius 2 is 1.41 bits per heavy atom. The largest absolute Gasteiger partial charge is 0.507 e. The molecule has 0 aliphatic carbocycles. The highest BCUT2D eigenvalue weighted by molar-refractivity contribution is 6.99. The van der Waals surface area contributed by atoms with Gasteiger partial charge in [0, 0.05) is 11.7 Å². The van der Waals surface area contributed by atoms with E-state index in [2.05, 4.69) is 112 Å². The fourth-order valence-corrected chi connectivity index (χ4v) is 11.7. The Kier molecular flexibility index (Phi) is 10.5. The Balaban J connectivity index is 1.29. The first-order chi connectivity index (χ1) is 23.7. The zero-order valence-electron chi connectivity index (χ0n) is 28.7. The maximum Gasteiger partial charge on any atom is 0.458 e. The molecule has 5 aromatic rings. The first kappa shape index (κ1) is 34.4. The van der Waals surface area contributed by atoms with Gasteiger partial charge in [0.15, 0.2) is 0 Å². The molecule has 2 N–H and O–H groups in total. The molecule has 248 valence electrons. The molecule has 1 aliphatic heterocycles. The van der Waals surface area contributed by atoms with Crippen LogP contribution in [0, 0.1) is 0 Å². The molecule has 4 nitrogen and oxygen atoms in total. The normalized spacial score (nSPS) is 15.7. The van der Waals surface area contributed by atoms with Gasteiger partial charge in [0.05, 0.1) is 12.7 Å². The van der Waals surface area contributed by atoms with E-state index in [1.807, 2.05) is 48.5 Å². The molecule has 5 aromatic carbocycles. The maximum atomic E-state index is 10.6. The Hall–Kier alpha value is -4.46. The van der Waals surface area contributed by atoms with Gasteiger partial charge in [0.2, 0.25) is 0 Å². The zero-order chi connectivity index (χ0) is 34.4. The number of aromatic hydroxyl groups is 1. The molecule has 0 radical (unpaired) electrons. The second-order valence-corrected chi connectivity index (χ2v) is 18.1. The third kappa shape index (κ3) is 7.43. The van der Waals surface area contributed by atoms with Crippen molar-refractivity contribution in [3.63, 3.8) is 0 Å². The summed E-state index contributed by atoms with van der Waals surface area (Å²) >= 11 is 0. The average Bonchev–Trinajstić information content (AvgIpc) is 3.12. The van der Waals surface area contributed by atoms with E-state index in [-0.39, 0.29) is 16.9 Å². The van der Waals surface area contributed by atoms with E-state index >= 15 is 0 Å². The lowest BCUT2D eigenvalue weighted by atomic mass is 9.78. The minimum Gasteiger partial charge on any atom is -0.507 e. The van der Waals surface area contributed by atoms with Gasteiger partial charge in [-0.2, -0.15) is 0 Å². The second kappa shape index (κ2) is 15.0. The fourth-order valence-electron chi connectivity index (χ4n) is 7.17. The average molecular weight is 665 g/mol. The summed E-state index contributed by atoms with van der Waals surface area (Å²) < 4.78 is 13.5. The Labute approximate surface area is 292 Å². The van der Waals surface area contributed by atoms with Crippen LogP contribution in [0.1, 0.15) is 44.7 Å². The molecule has 0 spiro atoms. The van der Waals surface area contributed by atoms with Gasteiger partial charge >= 0.3 is 7.12 Å². The van der Waals surface area contributed by atoms with Crippen LogP contribution in [0.15, 0.2) is 151 Å². The lowest BCUT2D eigenvalue weighted by molar-refractivity contribution is 0.182. The molecular formula is C43H45BO4Si. The van der Waals surface area contributed by atoms with Crippen molar-refractivity contribution in [2.75, 3.05) is 6.61 Å². The van der Waals surface area contributed by atoms with Crippen molar-refractivity contribution in [1.29, 1.82) is 0 Å². The molecule has 0 saturated carbocycles. The van der Waals surface area contributed by atoms with Crippen LogP contribution in [-0.4, -0.2) is 38.3 Å². The smallest absolute Gasteiger partial charge is 0.458 e. The van der Waals surface area contributed by atoms with Gasteiger partial charge in [-0.25, -0.2) is 0 Å². The monoisotopic (exact) mass is 664 g/mol. The van der Waals surface area contributed by atoms with Gasteiger partial charge in [-0.05, 0) is 67.6 Å². The van der Waals surface area contributed by atoms with Crippen LogP contribution in [0.25, 0.3) is 22.4 Å². The fraction of sp³-hybridized carbons (Fsp3) is 0.209. The van der Waals surface area contributed by atoms with Crippen molar-refractivity contribution in [2.24, 2.45) is 0 Å². The van der Waals surface area contributed by atoms with Crippen LogP contribution < -0.4 is 10.4 Å². The number of hydrogen-bond acceptors (Lipinski definition) is 4. The molecule has 0 bridgehead atoms. The predicted molar refractivity (Wildman–Crippen MR) is 208 cm³/mol. The van der Waals surface area contributed by atoms with E-state index in [0.29, 0.717) is 25.8 Å². The first-order valence-corrected chi connectivity index (χ1v) is 19.0. The van der Waals surface area contributed by atoms with Gasteiger partial charge < -0.3 is 19.2 Å². The molecule has 6 rings (SSSR count). The molecule has 1 atom stereocenters. The highest BCUT2D eigenvalue weighted by Crippen LogP contribution is 2.38. The Morgan fingerprint density at radius 1 is 0.837 bits per heavy atom. The Bertz CT molecular complexity index is 1910. The van der Waals surface area contributed by atoms with E-state index < -0.39 is 15.4 Å². The highest BCUT2D eigenvalue weighted by atomic mass is 28.4. The van der Waals surface area contributed by atoms with Crippen molar-refractivity contribution in [2.45, 2.75) is 51.1 Å². The van der Waals surface area contributed by atoms with Crippen molar-refractivity contribution in [1.82, 2.24) is 0 Å². The molecule has 1 aliphatic rings. The van der Waals surface area contributed by atoms with Gasteiger partial charge in [-0.3, -0.25) is 0 Å². The molecular weight excluding hydrogens is 619 g/mol. The number of phenolic OH excluding ortho intramolecular Hbond substituents is 1. The molecule has 0 aromatic heterocycles. The van der Waals surface area contributed by atoms with E-state index in [4.69, 9.17) is 9.08 Å². The minimum atomic E-state index is -2.77. The summed E-state index contributed by atoms with van der Waals surface area (Å²) in [6.07, 6.45) is 5.71. The quantitative estimate of drug-likeness (QED) is 0.110. The third-order valence-corrected chi connectivity index (χ3v) is 14.6. The second-order valence-electron chi connectivity index (χ2n) is 13.8. The zero-order valence-corrected chi connectivity index (χ0v) is 29.7. The number of hydrogen-bond donors (Lipinski definition) is 2. The summed E-state index contributed by atoms with van der Waals surface area (Å²) in [4.78, 5) is 0. The molecule has 0 fully saturated rings. The van der Waals surface area contributed by atoms with Gasteiger partial charge in [0.25, 0.3) is 8.32 Å². The highest BCUT2D eigenvalue weighted by Gasteiger charge is 2.50. The van der Waals surface area contributed by atoms with Crippen molar-refractivity contribution in [3.8, 4) is 5.75 Å². The summed E-state index contributed by atoms with van der Waals surface area (Å²) in [5.41, 5.74) is 5.17. The molecule has 1 heterocycles.